The minimum Gasteiger partial charge on any atom is -0.358 e. The molecule has 0 aromatic carbocycles. The summed E-state index contributed by atoms with van der Waals surface area (Å²) in [6, 6.07) is 1.60. The predicted molar refractivity (Wildman–Crippen MR) is 54.9 cm³/mol. The third-order valence-corrected chi connectivity index (χ3v) is 2.47. The maximum Gasteiger partial charge on any atom is 0.181 e. The van der Waals surface area contributed by atoms with Crippen molar-refractivity contribution in [3.8, 4) is 0 Å². The van der Waals surface area contributed by atoms with Gasteiger partial charge in [-0.25, -0.2) is 0 Å². The molecule has 5 heteroatoms. The molecule has 0 spiro atoms. The summed E-state index contributed by atoms with van der Waals surface area (Å²) in [4.78, 5) is 11.0. The van der Waals surface area contributed by atoms with Gasteiger partial charge >= 0.3 is 0 Å². The minimum absolute atomic E-state index is 0.107. The Morgan fingerprint density at radius 3 is 3.12 bits per heavy atom. The summed E-state index contributed by atoms with van der Waals surface area (Å²) in [6.07, 6.45) is 2.98. The van der Waals surface area contributed by atoms with Crippen LogP contribution >= 0.6 is 0 Å². The monoisotopic (exact) mass is 225 g/mol. The second-order valence-electron chi connectivity index (χ2n) is 3.84. The van der Waals surface area contributed by atoms with Crippen molar-refractivity contribution in [3.63, 3.8) is 0 Å². The van der Waals surface area contributed by atoms with Gasteiger partial charge in [-0.3, -0.25) is 4.79 Å². The van der Waals surface area contributed by atoms with E-state index >= 15 is 0 Å². The van der Waals surface area contributed by atoms with Crippen LogP contribution in [0.1, 0.15) is 42.4 Å². The molecule has 1 atom stereocenters. The van der Waals surface area contributed by atoms with Gasteiger partial charge in [0.2, 0.25) is 0 Å². The van der Waals surface area contributed by atoms with Crippen LogP contribution in [-0.2, 0) is 16.1 Å². The van der Waals surface area contributed by atoms with E-state index < -0.39 is 0 Å². The third-order valence-electron chi connectivity index (χ3n) is 2.47. The fourth-order valence-electron chi connectivity index (χ4n) is 1.56. The number of hydrogen-bond acceptors (Lipinski definition) is 5. The van der Waals surface area contributed by atoms with Crippen LogP contribution in [0.15, 0.2) is 10.6 Å². The van der Waals surface area contributed by atoms with E-state index in [2.05, 4.69) is 5.16 Å². The molecule has 0 radical (unpaired) electrons. The summed E-state index contributed by atoms with van der Waals surface area (Å²) >= 11 is 0. The van der Waals surface area contributed by atoms with Gasteiger partial charge in [0.15, 0.2) is 17.8 Å². The third kappa shape index (κ3) is 2.90. The first-order chi connectivity index (χ1) is 7.75. The van der Waals surface area contributed by atoms with E-state index in [1.54, 1.807) is 6.07 Å². The molecule has 1 aliphatic heterocycles. The summed E-state index contributed by atoms with van der Waals surface area (Å²) in [5.41, 5.74) is 0.336. The summed E-state index contributed by atoms with van der Waals surface area (Å²) in [5, 5.41) is 3.63. The minimum atomic E-state index is -0.153. The van der Waals surface area contributed by atoms with Crippen molar-refractivity contribution in [3.05, 3.63) is 17.5 Å². The number of ether oxygens (including phenoxy) is 2. The van der Waals surface area contributed by atoms with Gasteiger partial charge in [-0.2, -0.15) is 0 Å². The highest BCUT2D eigenvalue weighted by Gasteiger charge is 2.15. The Hall–Kier alpha value is -1.20. The SMILES string of the molecule is CC(=O)c1cc(CO[C@@H]2CCCCO2)on1. The number of aromatic nitrogens is 1. The first-order valence-corrected chi connectivity index (χ1v) is 5.45. The van der Waals surface area contributed by atoms with Gasteiger partial charge < -0.3 is 14.0 Å². The lowest BCUT2D eigenvalue weighted by molar-refractivity contribution is -0.171. The summed E-state index contributed by atoms with van der Waals surface area (Å²) in [6.45, 7) is 2.50. The van der Waals surface area contributed by atoms with Crippen LogP contribution in [0.4, 0.5) is 0 Å². The molecular weight excluding hydrogens is 210 g/mol. The Bertz CT molecular complexity index is 355. The maximum atomic E-state index is 11.0. The van der Waals surface area contributed by atoms with E-state index in [0.29, 0.717) is 18.1 Å². The van der Waals surface area contributed by atoms with Crippen molar-refractivity contribution in [1.82, 2.24) is 5.16 Å². The fourth-order valence-corrected chi connectivity index (χ4v) is 1.56. The lowest BCUT2D eigenvalue weighted by Gasteiger charge is -2.21. The van der Waals surface area contributed by atoms with Crippen LogP contribution in [0, 0.1) is 0 Å². The maximum absolute atomic E-state index is 11.0. The predicted octanol–water partition coefficient (Wildman–Crippen LogP) is 1.92. The number of Topliss-reactive ketones (excluding diaryl/α,β-unsaturated/α-hetero) is 1. The Morgan fingerprint density at radius 2 is 2.50 bits per heavy atom. The Balaban J connectivity index is 1.81. The van der Waals surface area contributed by atoms with E-state index in [1.807, 2.05) is 0 Å². The van der Waals surface area contributed by atoms with E-state index in [1.165, 1.54) is 6.92 Å². The first kappa shape index (κ1) is 11.3. The number of carbonyl (C=O) groups excluding carboxylic acids is 1. The summed E-state index contributed by atoms with van der Waals surface area (Å²) in [7, 11) is 0. The van der Waals surface area contributed by atoms with Crippen molar-refractivity contribution >= 4 is 5.78 Å². The van der Waals surface area contributed by atoms with Crippen molar-refractivity contribution in [2.24, 2.45) is 0 Å². The number of hydrogen-bond donors (Lipinski definition) is 0. The van der Waals surface area contributed by atoms with Crippen LogP contribution in [-0.4, -0.2) is 23.8 Å². The molecule has 1 aromatic rings. The second-order valence-corrected chi connectivity index (χ2v) is 3.84. The van der Waals surface area contributed by atoms with Gasteiger partial charge in [0.05, 0.1) is 0 Å². The van der Waals surface area contributed by atoms with Gasteiger partial charge in [-0.05, 0) is 19.3 Å². The van der Waals surface area contributed by atoms with Crippen molar-refractivity contribution in [2.45, 2.75) is 39.1 Å². The molecule has 2 rings (SSSR count). The highest BCUT2D eigenvalue weighted by atomic mass is 16.7. The van der Waals surface area contributed by atoms with Gasteiger partial charge in [0.25, 0.3) is 0 Å². The number of ketones is 1. The van der Waals surface area contributed by atoms with Gasteiger partial charge in [0.1, 0.15) is 12.3 Å². The molecule has 5 nitrogen and oxygen atoms in total. The molecule has 1 saturated heterocycles. The summed E-state index contributed by atoms with van der Waals surface area (Å²) < 4.78 is 15.9. The number of rotatable bonds is 4. The van der Waals surface area contributed by atoms with E-state index in [4.69, 9.17) is 14.0 Å². The Labute approximate surface area is 93.7 Å². The molecule has 0 amide bonds. The van der Waals surface area contributed by atoms with Crippen LogP contribution in [0.5, 0.6) is 0 Å². The Morgan fingerprint density at radius 1 is 1.62 bits per heavy atom. The zero-order chi connectivity index (χ0) is 11.4. The molecule has 0 bridgehead atoms. The lowest BCUT2D eigenvalue weighted by Crippen LogP contribution is -2.21. The highest BCUT2D eigenvalue weighted by molar-refractivity contribution is 5.91. The van der Waals surface area contributed by atoms with Gasteiger partial charge in [0, 0.05) is 19.6 Å². The second kappa shape index (κ2) is 5.23. The van der Waals surface area contributed by atoms with Crippen molar-refractivity contribution < 1.29 is 18.8 Å². The molecule has 88 valence electrons. The molecule has 1 aromatic heterocycles. The first-order valence-electron chi connectivity index (χ1n) is 5.45. The van der Waals surface area contributed by atoms with Crippen molar-refractivity contribution in [1.29, 1.82) is 0 Å². The van der Waals surface area contributed by atoms with E-state index in [-0.39, 0.29) is 12.1 Å². The fraction of sp³-hybridized carbons (Fsp3) is 0.636. The Kier molecular flexibility index (Phi) is 3.69. The van der Waals surface area contributed by atoms with Crippen LogP contribution in [0.2, 0.25) is 0 Å². The molecule has 0 N–H and O–H groups in total. The topological polar surface area (TPSA) is 61.6 Å². The summed E-state index contributed by atoms with van der Waals surface area (Å²) in [5.74, 6) is 0.447. The normalized spacial score (nSPS) is 20.9. The quantitative estimate of drug-likeness (QED) is 0.732. The molecule has 1 aliphatic rings. The van der Waals surface area contributed by atoms with Crippen molar-refractivity contribution in [2.75, 3.05) is 6.61 Å². The smallest absolute Gasteiger partial charge is 0.181 e. The average Bonchev–Trinajstić information content (AvgIpc) is 2.76. The largest absolute Gasteiger partial charge is 0.358 e. The molecular formula is C11H15NO4. The zero-order valence-corrected chi connectivity index (χ0v) is 9.27. The van der Waals surface area contributed by atoms with Crippen LogP contribution in [0.3, 0.4) is 0 Å². The van der Waals surface area contributed by atoms with Crippen LogP contribution < -0.4 is 0 Å². The molecule has 0 saturated carbocycles. The van der Waals surface area contributed by atoms with Gasteiger partial charge in [-0.1, -0.05) is 5.16 Å². The van der Waals surface area contributed by atoms with Crippen LogP contribution in [0.25, 0.3) is 0 Å². The zero-order valence-electron chi connectivity index (χ0n) is 9.27. The molecule has 16 heavy (non-hydrogen) atoms. The van der Waals surface area contributed by atoms with E-state index in [9.17, 15) is 4.79 Å². The molecule has 1 fully saturated rings. The molecule has 0 unspecified atom stereocenters. The molecule has 0 aliphatic carbocycles. The lowest BCUT2D eigenvalue weighted by atomic mass is 10.2. The average molecular weight is 225 g/mol. The highest BCUT2D eigenvalue weighted by Crippen LogP contribution is 2.16. The number of carbonyl (C=O) groups is 1. The van der Waals surface area contributed by atoms with Gasteiger partial charge in [-0.15, -0.1) is 0 Å². The standard InChI is InChI=1S/C11H15NO4/c1-8(13)10-6-9(16-12-10)7-15-11-4-2-3-5-14-11/h6,11H,2-5,7H2,1H3/t11-/m1/s1. The molecule has 2 heterocycles. The number of nitrogens with zero attached hydrogens (tertiary/aromatic N) is 1. The van der Waals surface area contributed by atoms with E-state index in [0.717, 1.165) is 25.9 Å².